The minimum absolute atomic E-state index is 0.164. The lowest BCUT2D eigenvalue weighted by Crippen LogP contribution is -2.37. The highest BCUT2D eigenvalue weighted by Gasteiger charge is 2.18. The Kier molecular flexibility index (Phi) is 4.40. The summed E-state index contributed by atoms with van der Waals surface area (Å²) in [5.74, 6) is 0.968. The first-order valence-electron chi connectivity index (χ1n) is 6.40. The van der Waals surface area contributed by atoms with E-state index in [0.29, 0.717) is 6.61 Å². The Hall–Kier alpha value is -1.06. The van der Waals surface area contributed by atoms with Crippen molar-refractivity contribution < 1.29 is 9.84 Å². The minimum atomic E-state index is -0.164. The van der Waals surface area contributed by atoms with Crippen LogP contribution in [0.3, 0.4) is 0 Å². The molecule has 0 radical (unpaired) electrons. The monoisotopic (exact) mass is 235 g/mol. The normalized spacial score (nSPS) is 21.4. The summed E-state index contributed by atoms with van der Waals surface area (Å²) in [6, 6.07) is 8.16. The molecule has 2 rings (SSSR count). The summed E-state index contributed by atoms with van der Waals surface area (Å²) in [6.07, 6.45) is 1.85. The predicted octanol–water partition coefficient (Wildman–Crippen LogP) is 2.04. The zero-order valence-corrected chi connectivity index (χ0v) is 10.4. The third kappa shape index (κ3) is 3.45. The van der Waals surface area contributed by atoms with Crippen LogP contribution in [-0.2, 0) is 6.54 Å². The highest BCUT2D eigenvalue weighted by molar-refractivity contribution is 5.33. The molecule has 17 heavy (non-hydrogen) atoms. The van der Waals surface area contributed by atoms with Crippen LogP contribution in [0.15, 0.2) is 24.3 Å². The summed E-state index contributed by atoms with van der Waals surface area (Å²) < 4.78 is 5.62. The van der Waals surface area contributed by atoms with E-state index in [4.69, 9.17) is 4.74 Å². The van der Waals surface area contributed by atoms with Crippen molar-refractivity contribution in [3.8, 4) is 5.75 Å². The number of benzene rings is 1. The van der Waals surface area contributed by atoms with E-state index in [1.807, 2.05) is 25.1 Å². The fraction of sp³-hybridized carbons (Fsp3) is 0.571. The number of aliphatic hydroxyl groups excluding tert-OH is 1. The molecule has 1 heterocycles. The van der Waals surface area contributed by atoms with Gasteiger partial charge in [-0.05, 0) is 32.4 Å². The lowest BCUT2D eigenvalue weighted by Gasteiger charge is -2.30. The van der Waals surface area contributed by atoms with Crippen molar-refractivity contribution in [2.24, 2.45) is 0 Å². The molecule has 0 aromatic heterocycles. The summed E-state index contributed by atoms with van der Waals surface area (Å²) >= 11 is 0. The third-order valence-electron chi connectivity index (χ3n) is 3.15. The Bertz CT molecular complexity index is 354. The van der Waals surface area contributed by atoms with E-state index < -0.39 is 0 Å². The summed E-state index contributed by atoms with van der Waals surface area (Å²) in [6.45, 7) is 5.41. The van der Waals surface area contributed by atoms with Crippen molar-refractivity contribution in [3.63, 3.8) is 0 Å². The van der Waals surface area contributed by atoms with Gasteiger partial charge in [0.2, 0.25) is 0 Å². The van der Waals surface area contributed by atoms with Gasteiger partial charge in [-0.2, -0.15) is 0 Å². The smallest absolute Gasteiger partial charge is 0.123 e. The van der Waals surface area contributed by atoms with Crippen LogP contribution in [0.5, 0.6) is 5.75 Å². The molecule has 1 atom stereocenters. The molecule has 0 amide bonds. The molecule has 3 nitrogen and oxygen atoms in total. The highest BCUT2D eigenvalue weighted by atomic mass is 16.5. The highest BCUT2D eigenvalue weighted by Crippen LogP contribution is 2.21. The van der Waals surface area contributed by atoms with Gasteiger partial charge in [0.1, 0.15) is 5.75 Å². The number of hydrogen-bond donors (Lipinski definition) is 1. The summed E-state index contributed by atoms with van der Waals surface area (Å²) in [7, 11) is 0. The number of para-hydroxylation sites is 1. The molecule has 1 aromatic rings. The number of ether oxygens (including phenoxy) is 1. The summed E-state index contributed by atoms with van der Waals surface area (Å²) in [5.41, 5.74) is 1.21. The molecule has 0 saturated carbocycles. The molecule has 1 saturated heterocycles. The molecule has 1 aromatic carbocycles. The molecular formula is C14H21NO2. The largest absolute Gasteiger partial charge is 0.494 e. The van der Waals surface area contributed by atoms with Crippen LogP contribution >= 0.6 is 0 Å². The SMILES string of the molecule is CCOc1ccccc1CN1CCC[C@@H](O)C1. The van der Waals surface area contributed by atoms with Gasteiger partial charge in [-0.15, -0.1) is 0 Å². The number of aliphatic hydroxyl groups is 1. The summed E-state index contributed by atoms with van der Waals surface area (Å²) in [5, 5.41) is 9.66. The van der Waals surface area contributed by atoms with Crippen molar-refractivity contribution in [3.05, 3.63) is 29.8 Å². The third-order valence-corrected chi connectivity index (χ3v) is 3.15. The van der Waals surface area contributed by atoms with Crippen LogP contribution in [0.1, 0.15) is 25.3 Å². The van der Waals surface area contributed by atoms with E-state index in [1.54, 1.807) is 0 Å². The number of nitrogens with zero attached hydrogens (tertiary/aromatic N) is 1. The first kappa shape index (κ1) is 12.4. The summed E-state index contributed by atoms with van der Waals surface area (Å²) in [4.78, 5) is 2.30. The Labute approximate surface area is 103 Å². The van der Waals surface area contributed by atoms with Crippen LogP contribution < -0.4 is 4.74 Å². The Morgan fingerprint density at radius 2 is 2.24 bits per heavy atom. The average Bonchev–Trinajstić information content (AvgIpc) is 2.32. The molecular weight excluding hydrogens is 214 g/mol. The Morgan fingerprint density at radius 3 is 3.00 bits per heavy atom. The molecule has 0 aliphatic carbocycles. The molecule has 3 heteroatoms. The quantitative estimate of drug-likeness (QED) is 0.867. The second-order valence-corrected chi connectivity index (χ2v) is 4.57. The van der Waals surface area contributed by atoms with E-state index in [1.165, 1.54) is 5.56 Å². The molecule has 1 N–H and O–H groups in total. The standard InChI is InChI=1S/C14H21NO2/c1-2-17-14-8-4-3-6-12(14)10-15-9-5-7-13(16)11-15/h3-4,6,8,13,16H,2,5,7,9-11H2,1H3/t13-/m1/s1. The lowest BCUT2D eigenvalue weighted by atomic mass is 10.1. The van der Waals surface area contributed by atoms with Crippen molar-refractivity contribution in [1.29, 1.82) is 0 Å². The van der Waals surface area contributed by atoms with E-state index in [2.05, 4.69) is 11.0 Å². The van der Waals surface area contributed by atoms with Crippen molar-refractivity contribution in [1.82, 2.24) is 4.90 Å². The van der Waals surface area contributed by atoms with Gasteiger partial charge in [0.05, 0.1) is 12.7 Å². The van der Waals surface area contributed by atoms with Gasteiger partial charge in [-0.1, -0.05) is 18.2 Å². The van der Waals surface area contributed by atoms with E-state index in [9.17, 15) is 5.11 Å². The first-order chi connectivity index (χ1) is 8.29. The van der Waals surface area contributed by atoms with E-state index in [0.717, 1.165) is 38.2 Å². The predicted molar refractivity (Wildman–Crippen MR) is 68.1 cm³/mol. The number of rotatable bonds is 4. The maximum Gasteiger partial charge on any atom is 0.123 e. The average molecular weight is 235 g/mol. The van der Waals surface area contributed by atoms with Gasteiger partial charge in [-0.25, -0.2) is 0 Å². The van der Waals surface area contributed by atoms with E-state index in [-0.39, 0.29) is 6.10 Å². The molecule has 0 bridgehead atoms. The fourth-order valence-corrected chi connectivity index (χ4v) is 2.35. The fourth-order valence-electron chi connectivity index (χ4n) is 2.35. The maximum atomic E-state index is 9.66. The number of hydrogen-bond acceptors (Lipinski definition) is 3. The first-order valence-corrected chi connectivity index (χ1v) is 6.40. The number of β-amino-alcohol motifs (C(OH)–C–C–N with tert-alkyl or cyclic N) is 1. The van der Waals surface area contributed by atoms with Gasteiger partial charge in [0, 0.05) is 18.7 Å². The van der Waals surface area contributed by atoms with Crippen LogP contribution in [-0.4, -0.2) is 35.8 Å². The Balaban J connectivity index is 2.01. The van der Waals surface area contributed by atoms with Gasteiger partial charge < -0.3 is 9.84 Å². The van der Waals surface area contributed by atoms with Gasteiger partial charge in [-0.3, -0.25) is 4.90 Å². The molecule has 1 fully saturated rings. The van der Waals surface area contributed by atoms with Crippen LogP contribution in [0, 0.1) is 0 Å². The second kappa shape index (κ2) is 6.03. The maximum absolute atomic E-state index is 9.66. The number of piperidine rings is 1. The lowest BCUT2D eigenvalue weighted by molar-refractivity contribution is 0.0663. The van der Waals surface area contributed by atoms with E-state index >= 15 is 0 Å². The number of likely N-dealkylation sites (tertiary alicyclic amines) is 1. The zero-order chi connectivity index (χ0) is 12.1. The molecule has 0 spiro atoms. The Morgan fingerprint density at radius 1 is 1.41 bits per heavy atom. The van der Waals surface area contributed by atoms with Gasteiger partial charge >= 0.3 is 0 Å². The minimum Gasteiger partial charge on any atom is -0.494 e. The zero-order valence-electron chi connectivity index (χ0n) is 10.4. The topological polar surface area (TPSA) is 32.7 Å². The van der Waals surface area contributed by atoms with Crippen LogP contribution in [0.25, 0.3) is 0 Å². The van der Waals surface area contributed by atoms with Crippen molar-refractivity contribution in [2.75, 3.05) is 19.7 Å². The molecule has 1 aliphatic heterocycles. The van der Waals surface area contributed by atoms with Gasteiger partial charge in [0.25, 0.3) is 0 Å². The van der Waals surface area contributed by atoms with Crippen molar-refractivity contribution >= 4 is 0 Å². The molecule has 0 unspecified atom stereocenters. The second-order valence-electron chi connectivity index (χ2n) is 4.57. The van der Waals surface area contributed by atoms with Gasteiger partial charge in [0.15, 0.2) is 0 Å². The molecule has 1 aliphatic rings. The molecule has 94 valence electrons. The van der Waals surface area contributed by atoms with Crippen molar-refractivity contribution in [2.45, 2.75) is 32.4 Å². The van der Waals surface area contributed by atoms with Crippen LogP contribution in [0.2, 0.25) is 0 Å². The van der Waals surface area contributed by atoms with Crippen LogP contribution in [0.4, 0.5) is 0 Å².